The van der Waals surface area contributed by atoms with Gasteiger partial charge in [-0.05, 0) is 36.4 Å². The molecule has 1 aromatic rings. The van der Waals surface area contributed by atoms with Gasteiger partial charge in [-0.2, -0.15) is 0 Å². The zero-order valence-electron chi connectivity index (χ0n) is 8.62. The first-order valence-corrected chi connectivity index (χ1v) is 6.05. The molecule has 0 spiro atoms. The van der Waals surface area contributed by atoms with E-state index in [1.807, 2.05) is 23.9 Å². The Morgan fingerprint density at radius 1 is 1.21 bits per heavy atom. The van der Waals surface area contributed by atoms with Crippen molar-refractivity contribution in [1.82, 2.24) is 0 Å². The van der Waals surface area contributed by atoms with Crippen LogP contribution in [0.2, 0.25) is 0 Å². The molecular formula is C13H16S. The number of hydrogen-bond acceptors (Lipinski definition) is 1. The number of thioether (sulfide) groups is 1. The molecule has 74 valence electrons. The minimum Gasteiger partial charge on any atom is -0.126 e. The fourth-order valence-corrected chi connectivity index (χ4v) is 2.10. The molecule has 0 aromatic heterocycles. The van der Waals surface area contributed by atoms with E-state index in [4.69, 9.17) is 6.42 Å². The molecule has 0 saturated heterocycles. The predicted octanol–water partition coefficient (Wildman–Crippen LogP) is 3.95. The summed E-state index contributed by atoms with van der Waals surface area (Å²) in [6.45, 7) is 2.23. The van der Waals surface area contributed by atoms with Crippen LogP contribution in [0.1, 0.15) is 31.7 Å². The average Bonchev–Trinajstić information content (AvgIpc) is 2.25. The van der Waals surface area contributed by atoms with Crippen molar-refractivity contribution in [1.29, 1.82) is 0 Å². The minimum absolute atomic E-state index is 0.961. The second-order valence-corrected chi connectivity index (χ2v) is 4.39. The molecule has 0 fully saturated rings. The lowest BCUT2D eigenvalue weighted by molar-refractivity contribution is 0.778. The van der Waals surface area contributed by atoms with Crippen LogP contribution in [0.4, 0.5) is 0 Å². The Labute approximate surface area is 91.1 Å². The number of unbranched alkanes of at least 4 members (excludes halogenated alkanes) is 2. The summed E-state index contributed by atoms with van der Waals surface area (Å²) >= 11 is 1.91. The second kappa shape index (κ2) is 6.56. The molecule has 1 heteroatoms. The summed E-state index contributed by atoms with van der Waals surface area (Å²) in [7, 11) is 0. The van der Waals surface area contributed by atoms with Gasteiger partial charge in [-0.15, -0.1) is 18.2 Å². The molecule has 14 heavy (non-hydrogen) atoms. The van der Waals surface area contributed by atoms with Crippen molar-refractivity contribution < 1.29 is 0 Å². The molecule has 1 rings (SSSR count). The molecule has 0 amide bonds. The van der Waals surface area contributed by atoms with Gasteiger partial charge in [0.15, 0.2) is 0 Å². The molecule has 0 aliphatic carbocycles. The molecular weight excluding hydrogens is 188 g/mol. The van der Waals surface area contributed by atoms with Crippen LogP contribution >= 0.6 is 11.8 Å². The fourth-order valence-electron chi connectivity index (χ4n) is 1.19. The minimum atomic E-state index is 0.961. The van der Waals surface area contributed by atoms with Gasteiger partial charge in [0.05, 0.1) is 0 Å². The summed E-state index contributed by atoms with van der Waals surface area (Å²) in [4.78, 5) is 1.32. The van der Waals surface area contributed by atoms with Gasteiger partial charge in [0.1, 0.15) is 0 Å². The van der Waals surface area contributed by atoms with Crippen LogP contribution in [-0.2, 0) is 0 Å². The van der Waals surface area contributed by atoms with Crippen molar-refractivity contribution in [3.8, 4) is 12.3 Å². The normalized spacial score (nSPS) is 9.71. The highest BCUT2D eigenvalue weighted by molar-refractivity contribution is 7.99. The van der Waals surface area contributed by atoms with Crippen LogP contribution < -0.4 is 0 Å². The van der Waals surface area contributed by atoms with Gasteiger partial charge in [-0.3, -0.25) is 0 Å². The second-order valence-electron chi connectivity index (χ2n) is 3.22. The zero-order chi connectivity index (χ0) is 10.2. The van der Waals surface area contributed by atoms with E-state index in [1.165, 1.54) is 29.9 Å². The Balaban J connectivity index is 2.33. The largest absolute Gasteiger partial charge is 0.126 e. The Morgan fingerprint density at radius 2 is 1.93 bits per heavy atom. The number of benzene rings is 1. The van der Waals surface area contributed by atoms with Gasteiger partial charge in [0.25, 0.3) is 0 Å². The fraction of sp³-hybridized carbons (Fsp3) is 0.385. The van der Waals surface area contributed by atoms with E-state index in [1.54, 1.807) is 0 Å². The van der Waals surface area contributed by atoms with Crippen LogP contribution in [0.3, 0.4) is 0 Å². The highest BCUT2D eigenvalue weighted by Gasteiger charge is 1.93. The van der Waals surface area contributed by atoms with Crippen molar-refractivity contribution in [2.24, 2.45) is 0 Å². The van der Waals surface area contributed by atoms with E-state index in [0.29, 0.717) is 0 Å². The maximum atomic E-state index is 5.28. The average molecular weight is 204 g/mol. The first kappa shape index (κ1) is 11.2. The Hall–Kier alpha value is -0.870. The van der Waals surface area contributed by atoms with Crippen molar-refractivity contribution in [2.45, 2.75) is 31.1 Å². The third kappa shape index (κ3) is 3.89. The summed E-state index contributed by atoms with van der Waals surface area (Å²) in [6.07, 6.45) is 9.20. The van der Waals surface area contributed by atoms with Crippen molar-refractivity contribution >= 4 is 11.8 Å². The summed E-state index contributed by atoms with van der Waals surface area (Å²) in [5.41, 5.74) is 0.961. The molecule has 1 aromatic carbocycles. The molecule has 0 unspecified atom stereocenters. The molecule has 0 N–H and O–H groups in total. The summed E-state index contributed by atoms with van der Waals surface area (Å²) in [5.74, 6) is 3.83. The first-order valence-electron chi connectivity index (χ1n) is 5.06. The van der Waals surface area contributed by atoms with E-state index in [9.17, 15) is 0 Å². The number of terminal acetylenes is 1. The maximum absolute atomic E-state index is 5.28. The molecule has 0 saturated carbocycles. The van der Waals surface area contributed by atoms with Crippen molar-refractivity contribution in [3.63, 3.8) is 0 Å². The van der Waals surface area contributed by atoms with Crippen LogP contribution in [0.15, 0.2) is 29.2 Å². The van der Waals surface area contributed by atoms with E-state index >= 15 is 0 Å². The smallest absolute Gasteiger partial charge is 0.0243 e. The van der Waals surface area contributed by atoms with Crippen LogP contribution in [0, 0.1) is 12.3 Å². The van der Waals surface area contributed by atoms with Gasteiger partial charge in [-0.25, -0.2) is 0 Å². The summed E-state index contributed by atoms with van der Waals surface area (Å²) < 4.78 is 0. The van der Waals surface area contributed by atoms with E-state index < -0.39 is 0 Å². The quantitative estimate of drug-likeness (QED) is 0.397. The van der Waals surface area contributed by atoms with Crippen molar-refractivity contribution in [2.75, 3.05) is 5.75 Å². The third-order valence-electron chi connectivity index (χ3n) is 2.04. The molecule has 0 heterocycles. The standard InChI is InChI=1S/C13H16S/c1-3-5-6-11-14-13-9-7-12(4-2)8-10-13/h2,7-10H,3,5-6,11H2,1H3. The van der Waals surface area contributed by atoms with E-state index in [2.05, 4.69) is 25.0 Å². The molecule has 0 aliphatic heterocycles. The molecule has 0 bridgehead atoms. The van der Waals surface area contributed by atoms with Crippen LogP contribution in [-0.4, -0.2) is 5.75 Å². The lowest BCUT2D eigenvalue weighted by atomic mass is 10.2. The Bertz CT molecular complexity index is 292. The van der Waals surface area contributed by atoms with Gasteiger partial charge in [0, 0.05) is 10.5 Å². The lowest BCUT2D eigenvalue weighted by Crippen LogP contribution is -1.80. The van der Waals surface area contributed by atoms with E-state index in [0.717, 1.165) is 5.56 Å². The van der Waals surface area contributed by atoms with Crippen LogP contribution in [0.25, 0.3) is 0 Å². The van der Waals surface area contributed by atoms with E-state index in [-0.39, 0.29) is 0 Å². The first-order chi connectivity index (χ1) is 6.86. The monoisotopic (exact) mass is 204 g/mol. The topological polar surface area (TPSA) is 0 Å². The molecule has 0 radical (unpaired) electrons. The van der Waals surface area contributed by atoms with Gasteiger partial charge >= 0.3 is 0 Å². The van der Waals surface area contributed by atoms with Gasteiger partial charge < -0.3 is 0 Å². The lowest BCUT2D eigenvalue weighted by Gasteiger charge is -2.00. The third-order valence-corrected chi connectivity index (χ3v) is 3.14. The van der Waals surface area contributed by atoms with Gasteiger partial charge in [-0.1, -0.05) is 25.7 Å². The predicted molar refractivity (Wildman–Crippen MR) is 64.6 cm³/mol. The highest BCUT2D eigenvalue weighted by atomic mass is 32.2. The molecule has 0 atom stereocenters. The maximum Gasteiger partial charge on any atom is 0.0243 e. The summed E-state index contributed by atoms with van der Waals surface area (Å²) in [5, 5.41) is 0. The Kier molecular flexibility index (Phi) is 5.25. The molecule has 0 aliphatic rings. The number of hydrogen-bond donors (Lipinski definition) is 0. The van der Waals surface area contributed by atoms with Crippen LogP contribution in [0.5, 0.6) is 0 Å². The SMILES string of the molecule is C#Cc1ccc(SCCCCC)cc1. The Morgan fingerprint density at radius 3 is 2.50 bits per heavy atom. The zero-order valence-corrected chi connectivity index (χ0v) is 9.44. The van der Waals surface area contributed by atoms with Gasteiger partial charge in [0.2, 0.25) is 0 Å². The highest BCUT2D eigenvalue weighted by Crippen LogP contribution is 2.19. The summed E-state index contributed by atoms with van der Waals surface area (Å²) in [6, 6.07) is 8.21. The molecule has 0 nitrogen and oxygen atoms in total. The van der Waals surface area contributed by atoms with Crippen molar-refractivity contribution in [3.05, 3.63) is 29.8 Å². The number of rotatable bonds is 5.